The van der Waals surface area contributed by atoms with Crippen molar-refractivity contribution < 1.29 is 17.9 Å². The predicted octanol–water partition coefficient (Wildman–Crippen LogP) is 3.56. The van der Waals surface area contributed by atoms with Crippen LogP contribution in [-0.2, 0) is 34.2 Å². The fourth-order valence-corrected chi connectivity index (χ4v) is 5.26. The van der Waals surface area contributed by atoms with E-state index in [1.165, 1.54) is 17.7 Å². The van der Waals surface area contributed by atoms with Gasteiger partial charge in [0.2, 0.25) is 15.9 Å². The molecule has 0 spiro atoms. The van der Waals surface area contributed by atoms with Gasteiger partial charge >= 0.3 is 0 Å². The van der Waals surface area contributed by atoms with Crippen LogP contribution in [0.3, 0.4) is 0 Å². The van der Waals surface area contributed by atoms with Crippen LogP contribution in [0, 0.1) is 0 Å². The van der Waals surface area contributed by atoms with E-state index in [4.69, 9.17) is 4.74 Å². The molecule has 1 heterocycles. The lowest BCUT2D eigenvalue weighted by Gasteiger charge is -2.32. The monoisotopic (exact) mass is 464 g/mol. The molecule has 1 aliphatic heterocycles. The summed E-state index contributed by atoms with van der Waals surface area (Å²) in [4.78, 5) is 15.4. The number of nitrogens with zero attached hydrogens (tertiary/aromatic N) is 1. The Morgan fingerprint density at radius 2 is 1.64 bits per heavy atom. The van der Waals surface area contributed by atoms with Crippen molar-refractivity contribution in [3.05, 3.63) is 95.6 Å². The molecule has 1 N–H and O–H groups in total. The van der Waals surface area contributed by atoms with E-state index in [0.717, 1.165) is 17.5 Å². The van der Waals surface area contributed by atoms with Crippen LogP contribution in [0.2, 0.25) is 0 Å². The third kappa shape index (κ3) is 5.61. The van der Waals surface area contributed by atoms with Gasteiger partial charge in [0.25, 0.3) is 0 Å². The summed E-state index contributed by atoms with van der Waals surface area (Å²) < 4.78 is 34.4. The third-order valence-corrected chi connectivity index (χ3v) is 7.25. The summed E-state index contributed by atoms with van der Waals surface area (Å²) in [6, 6.07) is 22.8. The van der Waals surface area contributed by atoms with Crippen molar-refractivity contribution in [1.29, 1.82) is 0 Å². The van der Waals surface area contributed by atoms with Crippen molar-refractivity contribution in [2.75, 3.05) is 13.2 Å². The van der Waals surface area contributed by atoms with Crippen LogP contribution in [0.25, 0.3) is 0 Å². The van der Waals surface area contributed by atoms with E-state index in [2.05, 4.69) is 10.8 Å². The lowest BCUT2D eigenvalue weighted by atomic mass is 9.98. The predicted molar refractivity (Wildman–Crippen MR) is 127 cm³/mol. The molecule has 4 rings (SSSR count). The number of ether oxygens (including phenoxy) is 1. The summed E-state index contributed by atoms with van der Waals surface area (Å²) in [5.41, 5.74) is 3.23. The summed E-state index contributed by atoms with van der Waals surface area (Å²) in [5.74, 6) is 0.378. The minimum atomic E-state index is -3.91. The summed E-state index contributed by atoms with van der Waals surface area (Å²) in [6.45, 7) is 3.40. The smallest absolute Gasteiger partial charge is 0.241 e. The van der Waals surface area contributed by atoms with E-state index in [0.29, 0.717) is 25.4 Å². The quantitative estimate of drug-likeness (QED) is 0.553. The summed E-state index contributed by atoms with van der Waals surface area (Å²) in [6.07, 6.45) is 1.03. The minimum Gasteiger partial charge on any atom is -0.494 e. The number of carbonyl (C=O) groups is 1. The summed E-state index contributed by atoms with van der Waals surface area (Å²) in [5, 5.41) is 0. The molecule has 3 aromatic carbocycles. The van der Waals surface area contributed by atoms with Crippen LogP contribution >= 0.6 is 0 Å². The lowest BCUT2D eigenvalue weighted by Crippen LogP contribution is -2.50. The Morgan fingerprint density at radius 3 is 2.33 bits per heavy atom. The van der Waals surface area contributed by atoms with Gasteiger partial charge in [-0.2, -0.15) is 4.72 Å². The Morgan fingerprint density at radius 1 is 0.970 bits per heavy atom. The molecule has 0 unspecified atom stereocenters. The average Bonchev–Trinajstić information content (AvgIpc) is 2.84. The first-order chi connectivity index (χ1) is 16.0. The standard InChI is InChI=1S/C26H28N2O4S/c1-2-32-23-12-14-24(15-13-23)33(30,31)27-25(18-20-8-4-3-5-9-20)26(29)28-17-16-21-10-6-7-11-22(21)19-28/h3-15,25,27H,2,16-19H2,1H3/t25-/m1/s1. The molecule has 7 heteroatoms. The van der Waals surface area contributed by atoms with Crippen LogP contribution in [-0.4, -0.2) is 38.4 Å². The molecule has 0 fully saturated rings. The molecular weight excluding hydrogens is 436 g/mol. The highest BCUT2D eigenvalue weighted by Gasteiger charge is 2.31. The number of hydrogen-bond donors (Lipinski definition) is 1. The molecule has 0 bridgehead atoms. The molecule has 0 saturated carbocycles. The van der Waals surface area contributed by atoms with E-state index in [1.54, 1.807) is 17.0 Å². The molecule has 0 aliphatic carbocycles. The highest BCUT2D eigenvalue weighted by atomic mass is 32.2. The number of rotatable bonds is 8. The number of fused-ring (bicyclic) bond motifs is 1. The molecule has 172 valence electrons. The molecule has 33 heavy (non-hydrogen) atoms. The summed E-state index contributed by atoms with van der Waals surface area (Å²) >= 11 is 0. The van der Waals surface area contributed by atoms with Gasteiger partial charge in [0.1, 0.15) is 11.8 Å². The second-order valence-electron chi connectivity index (χ2n) is 8.05. The van der Waals surface area contributed by atoms with E-state index in [1.807, 2.05) is 55.5 Å². The SMILES string of the molecule is CCOc1ccc(S(=O)(=O)N[C@H](Cc2ccccc2)C(=O)N2CCc3ccccc3C2)cc1. The fourth-order valence-electron chi connectivity index (χ4n) is 4.07. The zero-order valence-electron chi connectivity index (χ0n) is 18.6. The number of nitrogens with one attached hydrogen (secondary N) is 1. The second kappa shape index (κ2) is 10.2. The van der Waals surface area contributed by atoms with Gasteiger partial charge < -0.3 is 9.64 Å². The molecule has 0 aromatic heterocycles. The number of amides is 1. The summed E-state index contributed by atoms with van der Waals surface area (Å²) in [7, 11) is -3.91. The van der Waals surface area contributed by atoms with Gasteiger partial charge in [0, 0.05) is 13.1 Å². The van der Waals surface area contributed by atoms with Gasteiger partial charge in [-0.1, -0.05) is 54.6 Å². The number of hydrogen-bond acceptors (Lipinski definition) is 4. The Hall–Kier alpha value is -3.16. The second-order valence-corrected chi connectivity index (χ2v) is 9.76. The van der Waals surface area contributed by atoms with Crippen molar-refractivity contribution in [2.45, 2.75) is 37.2 Å². The van der Waals surface area contributed by atoms with Crippen molar-refractivity contribution in [3.8, 4) is 5.75 Å². The molecular formula is C26H28N2O4S. The van der Waals surface area contributed by atoms with Crippen molar-refractivity contribution >= 4 is 15.9 Å². The average molecular weight is 465 g/mol. The third-order valence-electron chi connectivity index (χ3n) is 5.77. The molecule has 1 amide bonds. The Bertz CT molecular complexity index is 1190. The van der Waals surface area contributed by atoms with E-state index < -0.39 is 16.1 Å². The van der Waals surface area contributed by atoms with Crippen molar-refractivity contribution in [3.63, 3.8) is 0 Å². The van der Waals surface area contributed by atoms with Crippen molar-refractivity contribution in [1.82, 2.24) is 9.62 Å². The van der Waals surface area contributed by atoms with E-state index >= 15 is 0 Å². The van der Waals surface area contributed by atoms with Crippen LogP contribution in [0.4, 0.5) is 0 Å². The van der Waals surface area contributed by atoms with Crippen LogP contribution < -0.4 is 9.46 Å². The molecule has 0 radical (unpaired) electrons. The van der Waals surface area contributed by atoms with Crippen LogP contribution in [0.1, 0.15) is 23.6 Å². The van der Waals surface area contributed by atoms with E-state index in [-0.39, 0.29) is 17.2 Å². The zero-order valence-corrected chi connectivity index (χ0v) is 19.4. The van der Waals surface area contributed by atoms with Crippen LogP contribution in [0.5, 0.6) is 5.75 Å². The first kappa shape index (κ1) is 23.0. The Labute approximate surface area is 195 Å². The van der Waals surface area contributed by atoms with Gasteiger partial charge in [0.15, 0.2) is 0 Å². The zero-order chi connectivity index (χ0) is 23.3. The largest absolute Gasteiger partial charge is 0.494 e. The van der Waals surface area contributed by atoms with Gasteiger partial charge in [-0.25, -0.2) is 8.42 Å². The number of carbonyl (C=O) groups excluding carboxylic acids is 1. The Kier molecular flexibility index (Phi) is 7.11. The lowest BCUT2D eigenvalue weighted by molar-refractivity contribution is -0.133. The molecule has 0 saturated heterocycles. The highest BCUT2D eigenvalue weighted by Crippen LogP contribution is 2.21. The van der Waals surface area contributed by atoms with Gasteiger partial charge in [-0.3, -0.25) is 4.79 Å². The van der Waals surface area contributed by atoms with Crippen molar-refractivity contribution in [2.24, 2.45) is 0 Å². The first-order valence-electron chi connectivity index (χ1n) is 11.1. The number of benzene rings is 3. The maximum absolute atomic E-state index is 13.5. The van der Waals surface area contributed by atoms with Crippen LogP contribution in [0.15, 0.2) is 83.8 Å². The van der Waals surface area contributed by atoms with Gasteiger partial charge in [0.05, 0.1) is 11.5 Å². The molecule has 1 atom stereocenters. The van der Waals surface area contributed by atoms with Gasteiger partial charge in [-0.15, -0.1) is 0 Å². The minimum absolute atomic E-state index is 0.0980. The topological polar surface area (TPSA) is 75.7 Å². The fraction of sp³-hybridized carbons (Fsp3) is 0.269. The van der Waals surface area contributed by atoms with E-state index in [9.17, 15) is 13.2 Å². The Balaban J connectivity index is 1.57. The maximum Gasteiger partial charge on any atom is 0.241 e. The normalized spacial score (nSPS) is 14.4. The highest BCUT2D eigenvalue weighted by molar-refractivity contribution is 7.89. The maximum atomic E-state index is 13.5. The first-order valence-corrected chi connectivity index (χ1v) is 12.6. The number of sulfonamides is 1. The molecule has 3 aromatic rings. The molecule has 6 nitrogen and oxygen atoms in total. The van der Waals surface area contributed by atoms with Gasteiger partial charge in [-0.05, 0) is 60.7 Å². The molecule has 1 aliphatic rings.